The number of carboxylic acids is 1. The third-order valence-electron chi connectivity index (χ3n) is 1.76. The number of carbonyl (C=O) groups is 2. The van der Waals surface area contributed by atoms with E-state index in [0.717, 1.165) is 5.56 Å². The Hall–Kier alpha value is -2.08. The predicted molar refractivity (Wildman–Crippen MR) is 53.9 cm³/mol. The number of hydrogen-bond donors (Lipinski definition) is 3. The Morgan fingerprint density at radius 3 is 2.69 bits per heavy atom. The lowest BCUT2D eigenvalue weighted by atomic mass is 10.1. The maximum Gasteiger partial charge on any atom is 0.332 e. The van der Waals surface area contributed by atoms with Gasteiger partial charge in [0, 0.05) is 0 Å². The van der Waals surface area contributed by atoms with Gasteiger partial charge in [0.15, 0.2) is 6.61 Å². The van der Waals surface area contributed by atoms with E-state index in [-0.39, 0.29) is 11.3 Å². The molecule has 0 aromatic heterocycles. The second kappa shape index (κ2) is 5.13. The number of aliphatic carboxylic acids is 1. The SMILES string of the molecule is Cc1ccc(C(=O)NOCC(=O)O)c(O)c1. The van der Waals surface area contributed by atoms with Gasteiger partial charge >= 0.3 is 5.97 Å². The number of amides is 1. The van der Waals surface area contributed by atoms with Crippen molar-refractivity contribution in [3.63, 3.8) is 0 Å². The van der Waals surface area contributed by atoms with Crippen LogP contribution in [-0.4, -0.2) is 28.7 Å². The highest BCUT2D eigenvalue weighted by Gasteiger charge is 2.11. The summed E-state index contributed by atoms with van der Waals surface area (Å²) in [5, 5.41) is 17.7. The van der Waals surface area contributed by atoms with E-state index in [1.807, 2.05) is 5.48 Å². The van der Waals surface area contributed by atoms with E-state index < -0.39 is 18.5 Å². The van der Waals surface area contributed by atoms with E-state index in [4.69, 9.17) is 5.11 Å². The van der Waals surface area contributed by atoms with Crippen molar-refractivity contribution in [1.82, 2.24) is 5.48 Å². The van der Waals surface area contributed by atoms with Crippen LogP contribution in [0.15, 0.2) is 18.2 Å². The molecule has 0 aliphatic carbocycles. The van der Waals surface area contributed by atoms with Gasteiger partial charge in [0.05, 0.1) is 5.56 Å². The Morgan fingerprint density at radius 1 is 1.44 bits per heavy atom. The Kier molecular flexibility index (Phi) is 3.84. The number of aryl methyl sites for hydroxylation is 1. The highest BCUT2D eigenvalue weighted by atomic mass is 16.7. The molecule has 0 atom stereocenters. The summed E-state index contributed by atoms with van der Waals surface area (Å²) in [6.07, 6.45) is 0. The number of carboxylic acid groups (broad SMARTS) is 1. The van der Waals surface area contributed by atoms with Gasteiger partial charge in [-0.25, -0.2) is 10.3 Å². The van der Waals surface area contributed by atoms with Crippen LogP contribution in [0.25, 0.3) is 0 Å². The monoisotopic (exact) mass is 225 g/mol. The molecule has 6 heteroatoms. The molecule has 0 spiro atoms. The second-order valence-corrected chi connectivity index (χ2v) is 3.13. The molecule has 0 radical (unpaired) electrons. The summed E-state index contributed by atoms with van der Waals surface area (Å²) in [5.41, 5.74) is 2.74. The number of hydroxylamine groups is 1. The number of hydrogen-bond acceptors (Lipinski definition) is 4. The fourth-order valence-corrected chi connectivity index (χ4v) is 1.05. The van der Waals surface area contributed by atoms with Crippen LogP contribution in [0.4, 0.5) is 0 Å². The zero-order chi connectivity index (χ0) is 12.1. The maximum absolute atomic E-state index is 11.4. The summed E-state index contributed by atoms with van der Waals surface area (Å²) in [7, 11) is 0. The van der Waals surface area contributed by atoms with Gasteiger partial charge in [-0.2, -0.15) is 0 Å². The Labute approximate surface area is 91.4 Å². The van der Waals surface area contributed by atoms with Crippen molar-refractivity contribution in [2.45, 2.75) is 6.92 Å². The first kappa shape index (κ1) is 12.0. The van der Waals surface area contributed by atoms with Crippen LogP contribution in [-0.2, 0) is 9.63 Å². The number of nitrogens with one attached hydrogen (secondary N) is 1. The molecule has 0 saturated heterocycles. The minimum atomic E-state index is -1.20. The molecule has 1 rings (SSSR count). The van der Waals surface area contributed by atoms with Crippen molar-refractivity contribution in [2.75, 3.05) is 6.61 Å². The molecule has 0 saturated carbocycles. The van der Waals surface area contributed by atoms with Crippen LogP contribution in [0.1, 0.15) is 15.9 Å². The minimum absolute atomic E-state index is 0.0241. The lowest BCUT2D eigenvalue weighted by Gasteiger charge is -2.06. The number of carbonyl (C=O) groups excluding carboxylic acids is 1. The van der Waals surface area contributed by atoms with Gasteiger partial charge in [-0.3, -0.25) is 9.63 Å². The molecule has 0 aliphatic heterocycles. The average Bonchev–Trinajstić information content (AvgIpc) is 2.16. The molecule has 16 heavy (non-hydrogen) atoms. The molecule has 1 aromatic carbocycles. The van der Waals surface area contributed by atoms with E-state index in [2.05, 4.69) is 4.84 Å². The second-order valence-electron chi connectivity index (χ2n) is 3.13. The van der Waals surface area contributed by atoms with Gasteiger partial charge in [-0.1, -0.05) is 6.07 Å². The highest BCUT2D eigenvalue weighted by molar-refractivity contribution is 5.96. The van der Waals surface area contributed by atoms with Crippen molar-refractivity contribution in [1.29, 1.82) is 0 Å². The zero-order valence-electron chi connectivity index (χ0n) is 8.56. The van der Waals surface area contributed by atoms with Crippen LogP contribution < -0.4 is 5.48 Å². The van der Waals surface area contributed by atoms with E-state index in [1.165, 1.54) is 12.1 Å². The standard InChI is InChI=1S/C10H11NO5/c1-6-2-3-7(8(12)4-6)10(15)11-16-5-9(13)14/h2-4,12H,5H2,1H3,(H,11,15)(H,13,14). The van der Waals surface area contributed by atoms with Gasteiger partial charge in [-0.05, 0) is 24.6 Å². The van der Waals surface area contributed by atoms with Crippen LogP contribution in [0.2, 0.25) is 0 Å². The molecular formula is C10H11NO5. The smallest absolute Gasteiger partial charge is 0.332 e. The Bertz CT molecular complexity index is 416. The van der Waals surface area contributed by atoms with Crippen LogP contribution in [0.5, 0.6) is 5.75 Å². The van der Waals surface area contributed by atoms with E-state index >= 15 is 0 Å². The molecule has 1 amide bonds. The Balaban J connectivity index is 2.63. The molecule has 1 aromatic rings. The van der Waals surface area contributed by atoms with Gasteiger partial charge in [0.25, 0.3) is 5.91 Å². The van der Waals surface area contributed by atoms with Crippen LogP contribution in [0, 0.1) is 6.92 Å². The van der Waals surface area contributed by atoms with Crippen molar-refractivity contribution in [3.05, 3.63) is 29.3 Å². The summed E-state index contributed by atoms with van der Waals surface area (Å²) >= 11 is 0. The van der Waals surface area contributed by atoms with Crippen LogP contribution in [0.3, 0.4) is 0 Å². The first-order valence-corrected chi connectivity index (χ1v) is 4.44. The number of aromatic hydroxyl groups is 1. The normalized spacial score (nSPS) is 9.81. The third-order valence-corrected chi connectivity index (χ3v) is 1.76. The van der Waals surface area contributed by atoms with Gasteiger partial charge < -0.3 is 10.2 Å². The highest BCUT2D eigenvalue weighted by Crippen LogP contribution is 2.17. The molecule has 0 bridgehead atoms. The van der Waals surface area contributed by atoms with Crippen molar-refractivity contribution < 1.29 is 24.6 Å². The number of phenols is 1. The fourth-order valence-electron chi connectivity index (χ4n) is 1.05. The molecule has 0 heterocycles. The molecule has 6 nitrogen and oxygen atoms in total. The average molecular weight is 225 g/mol. The number of benzene rings is 1. The Morgan fingerprint density at radius 2 is 2.12 bits per heavy atom. The topological polar surface area (TPSA) is 95.9 Å². The predicted octanol–water partition coefficient (Wildman–Crippen LogP) is 0.447. The summed E-state index contributed by atoms with van der Waals surface area (Å²) < 4.78 is 0. The van der Waals surface area contributed by atoms with Crippen molar-refractivity contribution in [3.8, 4) is 5.75 Å². The van der Waals surface area contributed by atoms with Gasteiger partial charge in [-0.15, -0.1) is 0 Å². The molecule has 86 valence electrons. The van der Waals surface area contributed by atoms with Gasteiger partial charge in [0.1, 0.15) is 5.75 Å². The van der Waals surface area contributed by atoms with Crippen LogP contribution >= 0.6 is 0 Å². The molecular weight excluding hydrogens is 214 g/mol. The summed E-state index contributed by atoms with van der Waals surface area (Å²) in [6, 6.07) is 4.49. The molecule has 0 aliphatic rings. The first-order valence-electron chi connectivity index (χ1n) is 4.44. The lowest BCUT2D eigenvalue weighted by Crippen LogP contribution is -2.26. The summed E-state index contributed by atoms with van der Waals surface area (Å²) in [6.45, 7) is 1.13. The van der Waals surface area contributed by atoms with E-state index in [1.54, 1.807) is 13.0 Å². The lowest BCUT2D eigenvalue weighted by molar-refractivity contribution is -0.144. The van der Waals surface area contributed by atoms with Gasteiger partial charge in [0.2, 0.25) is 0 Å². The van der Waals surface area contributed by atoms with E-state index in [9.17, 15) is 14.7 Å². The largest absolute Gasteiger partial charge is 0.507 e. The summed E-state index contributed by atoms with van der Waals surface area (Å²) in [5.74, 6) is -2.08. The molecule has 3 N–H and O–H groups in total. The first-order chi connectivity index (χ1) is 7.50. The van der Waals surface area contributed by atoms with E-state index in [0.29, 0.717) is 0 Å². The molecule has 0 fully saturated rings. The van der Waals surface area contributed by atoms with Crippen molar-refractivity contribution in [2.24, 2.45) is 0 Å². The number of rotatable bonds is 4. The maximum atomic E-state index is 11.4. The number of phenolic OH excluding ortho intramolecular Hbond substituents is 1. The van der Waals surface area contributed by atoms with Crippen molar-refractivity contribution >= 4 is 11.9 Å². The quantitative estimate of drug-likeness (QED) is 0.646. The molecule has 0 unspecified atom stereocenters. The minimum Gasteiger partial charge on any atom is -0.507 e. The third kappa shape index (κ3) is 3.25. The summed E-state index contributed by atoms with van der Waals surface area (Å²) in [4.78, 5) is 25.9. The fraction of sp³-hybridized carbons (Fsp3) is 0.200. The zero-order valence-corrected chi connectivity index (χ0v) is 8.56.